The topological polar surface area (TPSA) is 32.3 Å². The number of carbonyl (C=O) groups is 1. The highest BCUT2D eigenvalue weighted by molar-refractivity contribution is 5.74. The van der Waals surface area contributed by atoms with Crippen molar-refractivity contribution >= 4 is 6.03 Å². The summed E-state index contributed by atoms with van der Waals surface area (Å²) < 4.78 is 1.02. The quantitative estimate of drug-likeness (QED) is 0.548. The van der Waals surface area contributed by atoms with E-state index >= 15 is 0 Å². The van der Waals surface area contributed by atoms with Gasteiger partial charge in [-0.15, -0.1) is 0 Å². The van der Waals surface area contributed by atoms with Gasteiger partial charge in [0, 0.05) is 12.1 Å². The van der Waals surface area contributed by atoms with Gasteiger partial charge < -0.3 is 31.7 Å². The number of piperazine rings is 1. The van der Waals surface area contributed by atoms with Crippen LogP contribution in [0.4, 0.5) is 4.79 Å². The van der Waals surface area contributed by atoms with Gasteiger partial charge in [-0.1, -0.05) is 43.7 Å². The number of hydrogen-bond donors (Lipinski definition) is 1. The van der Waals surface area contributed by atoms with Gasteiger partial charge in [-0.05, 0) is 6.42 Å². The van der Waals surface area contributed by atoms with Gasteiger partial charge in [0.15, 0.2) is 0 Å². The van der Waals surface area contributed by atoms with E-state index in [-0.39, 0.29) is 23.0 Å². The van der Waals surface area contributed by atoms with Crippen molar-refractivity contribution in [2.45, 2.75) is 26.3 Å². The Bertz CT molecular complexity index is 444. The molecule has 0 spiro atoms. The molecule has 0 radical (unpaired) electrons. The van der Waals surface area contributed by atoms with Crippen molar-refractivity contribution in [3.63, 3.8) is 0 Å². The summed E-state index contributed by atoms with van der Waals surface area (Å²) in [5.41, 5.74) is 1.38. The van der Waals surface area contributed by atoms with E-state index in [0.29, 0.717) is 0 Å². The van der Waals surface area contributed by atoms with Gasteiger partial charge in [0.25, 0.3) is 0 Å². The summed E-state index contributed by atoms with van der Waals surface area (Å²) in [5.74, 6) is 0. The largest absolute Gasteiger partial charge is 1.00 e. The number of nitrogens with one attached hydrogen (secondary N) is 1. The van der Waals surface area contributed by atoms with Crippen LogP contribution < -0.4 is 22.3 Å². The zero-order chi connectivity index (χ0) is 15.1. The van der Waals surface area contributed by atoms with E-state index in [2.05, 4.69) is 49.6 Å². The highest BCUT2D eigenvalue weighted by Crippen LogP contribution is 2.15. The monoisotopic (exact) mass is 369 g/mol. The fraction of sp³-hybridized carbons (Fsp3) is 0.588. The van der Waals surface area contributed by atoms with Crippen molar-refractivity contribution in [2.24, 2.45) is 0 Å². The highest BCUT2D eigenvalue weighted by Gasteiger charge is 2.30. The first-order valence-electron chi connectivity index (χ1n) is 8.03. The number of quaternary nitrogens is 1. The smallest absolute Gasteiger partial charge is 0.317 e. The normalized spacial score (nSPS) is 16.7. The predicted molar refractivity (Wildman–Crippen MR) is 85.9 cm³/mol. The molecule has 124 valence electrons. The van der Waals surface area contributed by atoms with Crippen LogP contribution in [0.15, 0.2) is 30.3 Å². The van der Waals surface area contributed by atoms with E-state index in [4.69, 9.17) is 0 Å². The van der Waals surface area contributed by atoms with E-state index < -0.39 is 0 Å². The molecule has 0 atom stereocenters. The standard InChI is InChI=1S/C17H27N3O.BrH/c1-3-4-10-18-17(21)19-11-13-20(2,14-12-19)15-16-8-6-5-7-9-16;/h5-9H,3-4,10-15H2,1-2H3;1H. The molecule has 1 aromatic rings. The van der Waals surface area contributed by atoms with Gasteiger partial charge in [0.2, 0.25) is 0 Å². The van der Waals surface area contributed by atoms with Crippen LogP contribution in [-0.2, 0) is 6.54 Å². The molecule has 2 amide bonds. The fourth-order valence-electron chi connectivity index (χ4n) is 2.82. The summed E-state index contributed by atoms with van der Waals surface area (Å²) in [6, 6.07) is 10.7. The van der Waals surface area contributed by atoms with Crippen LogP contribution in [0, 0.1) is 0 Å². The number of likely N-dealkylation sites (N-methyl/N-ethyl adjacent to an activating group) is 1. The van der Waals surface area contributed by atoms with Crippen LogP contribution in [0.5, 0.6) is 0 Å². The average molecular weight is 370 g/mol. The number of amides is 2. The number of carbonyl (C=O) groups excluding carboxylic acids is 1. The molecule has 1 heterocycles. The zero-order valence-corrected chi connectivity index (χ0v) is 15.3. The van der Waals surface area contributed by atoms with Crippen LogP contribution in [0.3, 0.4) is 0 Å². The number of benzene rings is 1. The molecule has 1 aromatic carbocycles. The summed E-state index contributed by atoms with van der Waals surface area (Å²) in [7, 11) is 2.29. The summed E-state index contributed by atoms with van der Waals surface area (Å²) in [6.45, 7) is 7.72. The molecule has 4 nitrogen and oxygen atoms in total. The van der Waals surface area contributed by atoms with Crippen LogP contribution >= 0.6 is 0 Å². The Hall–Kier alpha value is -1.07. The number of hydrogen-bond acceptors (Lipinski definition) is 1. The molecule has 1 fully saturated rings. The SMILES string of the molecule is CCCCNC(=O)N1CC[N+](C)(Cc2ccccc2)CC1.[Br-]. The van der Waals surface area contributed by atoms with E-state index in [9.17, 15) is 4.79 Å². The van der Waals surface area contributed by atoms with E-state index in [1.807, 2.05) is 4.90 Å². The first kappa shape index (κ1) is 19.0. The molecule has 1 saturated heterocycles. The lowest BCUT2D eigenvalue weighted by Gasteiger charge is -2.42. The summed E-state index contributed by atoms with van der Waals surface area (Å²) in [6.07, 6.45) is 2.17. The second-order valence-electron chi connectivity index (χ2n) is 6.28. The highest BCUT2D eigenvalue weighted by atomic mass is 79.9. The lowest BCUT2D eigenvalue weighted by Crippen LogP contribution is -3.00. The number of rotatable bonds is 5. The Kier molecular flexibility index (Phi) is 7.90. The Labute approximate surface area is 144 Å². The Morgan fingerprint density at radius 1 is 1.23 bits per heavy atom. The molecular weight excluding hydrogens is 342 g/mol. The summed E-state index contributed by atoms with van der Waals surface area (Å²) in [4.78, 5) is 14.0. The number of unbranched alkanes of at least 4 members (excludes halogenated alkanes) is 1. The number of urea groups is 1. The molecule has 22 heavy (non-hydrogen) atoms. The third-order valence-electron chi connectivity index (χ3n) is 4.32. The molecule has 0 aliphatic carbocycles. The second-order valence-corrected chi connectivity index (χ2v) is 6.28. The first-order chi connectivity index (χ1) is 10.1. The van der Waals surface area contributed by atoms with Gasteiger partial charge in [-0.2, -0.15) is 0 Å². The minimum absolute atomic E-state index is 0. The van der Waals surface area contributed by atoms with Crippen molar-refractivity contribution in [1.29, 1.82) is 0 Å². The van der Waals surface area contributed by atoms with Gasteiger partial charge >= 0.3 is 6.03 Å². The molecule has 0 aromatic heterocycles. The van der Waals surface area contributed by atoms with E-state index in [0.717, 1.165) is 56.6 Å². The number of halogens is 1. The zero-order valence-electron chi connectivity index (χ0n) is 13.7. The molecule has 1 aliphatic heterocycles. The molecule has 0 unspecified atom stereocenters. The van der Waals surface area contributed by atoms with Crippen LogP contribution in [0.1, 0.15) is 25.3 Å². The summed E-state index contributed by atoms with van der Waals surface area (Å²) >= 11 is 0. The Morgan fingerprint density at radius 2 is 1.86 bits per heavy atom. The maximum absolute atomic E-state index is 12.1. The molecule has 0 saturated carbocycles. The lowest BCUT2D eigenvalue weighted by molar-refractivity contribution is -0.926. The lowest BCUT2D eigenvalue weighted by atomic mass is 10.1. The molecule has 5 heteroatoms. The summed E-state index contributed by atoms with van der Waals surface area (Å²) in [5, 5.41) is 3.01. The van der Waals surface area contributed by atoms with Crippen molar-refractivity contribution in [3.8, 4) is 0 Å². The van der Waals surface area contributed by atoms with E-state index in [1.54, 1.807) is 0 Å². The van der Waals surface area contributed by atoms with Crippen molar-refractivity contribution in [1.82, 2.24) is 10.2 Å². The van der Waals surface area contributed by atoms with Gasteiger partial charge in [0.1, 0.15) is 6.54 Å². The van der Waals surface area contributed by atoms with E-state index in [1.165, 1.54) is 5.56 Å². The van der Waals surface area contributed by atoms with Crippen LogP contribution in [-0.4, -0.2) is 55.2 Å². The van der Waals surface area contributed by atoms with Gasteiger partial charge in [-0.25, -0.2) is 4.79 Å². The maximum atomic E-state index is 12.1. The molecule has 0 bridgehead atoms. The Balaban J connectivity index is 0.00000242. The maximum Gasteiger partial charge on any atom is 0.317 e. The van der Waals surface area contributed by atoms with Gasteiger partial charge in [0.05, 0.1) is 33.2 Å². The third-order valence-corrected chi connectivity index (χ3v) is 4.32. The molecular formula is C17H28BrN3O. The third kappa shape index (κ3) is 5.61. The average Bonchev–Trinajstić information content (AvgIpc) is 2.49. The van der Waals surface area contributed by atoms with Crippen molar-refractivity contribution < 1.29 is 26.3 Å². The number of nitrogens with zero attached hydrogens (tertiary/aromatic N) is 2. The molecule has 1 aliphatic rings. The van der Waals surface area contributed by atoms with Gasteiger partial charge in [-0.3, -0.25) is 0 Å². The Morgan fingerprint density at radius 3 is 2.45 bits per heavy atom. The van der Waals surface area contributed by atoms with Crippen molar-refractivity contribution in [3.05, 3.63) is 35.9 Å². The molecule has 2 rings (SSSR count). The van der Waals surface area contributed by atoms with Crippen molar-refractivity contribution in [2.75, 3.05) is 39.8 Å². The minimum Gasteiger partial charge on any atom is -1.00 e. The van der Waals surface area contributed by atoms with Crippen LogP contribution in [0.25, 0.3) is 0 Å². The van der Waals surface area contributed by atoms with Crippen LogP contribution in [0.2, 0.25) is 0 Å². The second kappa shape index (κ2) is 9.16. The minimum atomic E-state index is 0. The predicted octanol–water partition coefficient (Wildman–Crippen LogP) is -0.537. The molecule has 1 N–H and O–H groups in total. The fourth-order valence-corrected chi connectivity index (χ4v) is 2.82. The first-order valence-corrected chi connectivity index (χ1v) is 8.03.